The fraction of sp³-hybridized carbons (Fsp3) is 1.00. The van der Waals surface area contributed by atoms with Crippen molar-refractivity contribution in [2.75, 3.05) is 6.54 Å². The lowest BCUT2D eigenvalue weighted by molar-refractivity contribution is 0.117. The molecular weight excluding hydrogens is 104 g/mol. The summed E-state index contributed by atoms with van der Waals surface area (Å²) >= 11 is 0. The van der Waals surface area contributed by atoms with Gasteiger partial charge in [0, 0.05) is 6.04 Å². The third-order valence-electron chi connectivity index (χ3n) is 0.911. The molecule has 0 rings (SSSR count). The lowest BCUT2D eigenvalue weighted by Crippen LogP contribution is -2.42. The van der Waals surface area contributed by atoms with Crippen LogP contribution in [0.25, 0.3) is 0 Å². The van der Waals surface area contributed by atoms with E-state index in [1.54, 1.807) is 6.92 Å². The molecule has 0 aromatic heterocycles. The number of nitrogens with two attached hydrogens (primary N) is 1. The SMILES string of the molecule is CCNC(O)[C@@H](C)N. The average molecular weight is 118 g/mol. The molecule has 8 heavy (non-hydrogen) atoms. The highest BCUT2D eigenvalue weighted by Gasteiger charge is 2.04. The maximum Gasteiger partial charge on any atom is 0.119 e. The Labute approximate surface area is 49.9 Å². The summed E-state index contributed by atoms with van der Waals surface area (Å²) in [5, 5.41) is 11.7. The second-order valence-electron chi connectivity index (χ2n) is 1.86. The summed E-state index contributed by atoms with van der Waals surface area (Å²) in [7, 11) is 0. The van der Waals surface area contributed by atoms with Crippen molar-refractivity contribution in [3.8, 4) is 0 Å². The van der Waals surface area contributed by atoms with Crippen LogP contribution in [0.4, 0.5) is 0 Å². The first-order valence-electron chi connectivity index (χ1n) is 2.85. The van der Waals surface area contributed by atoms with Crippen molar-refractivity contribution < 1.29 is 5.11 Å². The van der Waals surface area contributed by atoms with E-state index in [0.29, 0.717) is 0 Å². The summed E-state index contributed by atoms with van der Waals surface area (Å²) in [5.74, 6) is 0. The zero-order chi connectivity index (χ0) is 6.57. The molecule has 0 heterocycles. The van der Waals surface area contributed by atoms with E-state index in [2.05, 4.69) is 5.32 Å². The molecule has 4 N–H and O–H groups in total. The van der Waals surface area contributed by atoms with Crippen LogP contribution in [0.5, 0.6) is 0 Å². The van der Waals surface area contributed by atoms with Crippen LogP contribution in [0.2, 0.25) is 0 Å². The number of aliphatic hydroxyl groups excluding tert-OH is 1. The van der Waals surface area contributed by atoms with E-state index in [0.717, 1.165) is 6.54 Å². The van der Waals surface area contributed by atoms with Crippen LogP contribution in [0, 0.1) is 0 Å². The van der Waals surface area contributed by atoms with Gasteiger partial charge in [0.2, 0.25) is 0 Å². The summed E-state index contributed by atoms with van der Waals surface area (Å²) in [6.07, 6.45) is -0.556. The normalized spacial score (nSPS) is 18.0. The van der Waals surface area contributed by atoms with Crippen molar-refractivity contribution in [1.82, 2.24) is 5.32 Å². The van der Waals surface area contributed by atoms with Crippen molar-refractivity contribution in [1.29, 1.82) is 0 Å². The Morgan fingerprint density at radius 3 is 2.38 bits per heavy atom. The zero-order valence-corrected chi connectivity index (χ0v) is 5.39. The van der Waals surface area contributed by atoms with Crippen LogP contribution in [0.15, 0.2) is 0 Å². The first-order chi connectivity index (χ1) is 3.68. The Hall–Kier alpha value is -0.120. The molecule has 0 aliphatic heterocycles. The van der Waals surface area contributed by atoms with Gasteiger partial charge in [-0.25, -0.2) is 0 Å². The largest absolute Gasteiger partial charge is 0.377 e. The molecular formula is C5H14N2O. The van der Waals surface area contributed by atoms with E-state index in [1.165, 1.54) is 0 Å². The Bertz CT molecular complexity index is 56.4. The highest BCUT2D eigenvalue weighted by molar-refractivity contribution is 4.61. The lowest BCUT2D eigenvalue weighted by Gasteiger charge is -2.13. The quantitative estimate of drug-likeness (QED) is 0.428. The van der Waals surface area contributed by atoms with E-state index in [9.17, 15) is 0 Å². The number of hydrogen-bond acceptors (Lipinski definition) is 3. The molecule has 3 nitrogen and oxygen atoms in total. The molecule has 0 radical (unpaired) electrons. The van der Waals surface area contributed by atoms with E-state index >= 15 is 0 Å². The standard InChI is InChI=1S/C5H14N2O/c1-3-7-5(8)4(2)6/h4-5,7-8H,3,6H2,1-2H3/t4-,5?/m1/s1. The molecule has 0 spiro atoms. The fourth-order valence-corrected chi connectivity index (χ4v) is 0.395. The Morgan fingerprint density at radius 1 is 1.75 bits per heavy atom. The van der Waals surface area contributed by atoms with Gasteiger partial charge in [-0.2, -0.15) is 0 Å². The highest BCUT2D eigenvalue weighted by Crippen LogP contribution is 1.80. The molecule has 2 atom stereocenters. The van der Waals surface area contributed by atoms with Crippen molar-refractivity contribution in [2.45, 2.75) is 26.1 Å². The Morgan fingerprint density at radius 2 is 2.25 bits per heavy atom. The smallest absolute Gasteiger partial charge is 0.119 e. The number of aliphatic hydroxyl groups is 1. The van der Waals surface area contributed by atoms with Gasteiger partial charge in [-0.3, -0.25) is 5.32 Å². The number of nitrogens with one attached hydrogen (secondary N) is 1. The van der Waals surface area contributed by atoms with Gasteiger partial charge in [-0.1, -0.05) is 6.92 Å². The minimum Gasteiger partial charge on any atom is -0.377 e. The van der Waals surface area contributed by atoms with Gasteiger partial charge >= 0.3 is 0 Å². The van der Waals surface area contributed by atoms with Crippen LogP contribution in [-0.4, -0.2) is 23.9 Å². The summed E-state index contributed by atoms with van der Waals surface area (Å²) in [5.41, 5.74) is 5.31. The fourth-order valence-electron chi connectivity index (χ4n) is 0.395. The molecule has 0 saturated heterocycles. The Balaban J connectivity index is 3.17. The number of hydrogen-bond donors (Lipinski definition) is 3. The number of rotatable bonds is 3. The average Bonchev–Trinajstić information content (AvgIpc) is 1.67. The first kappa shape index (κ1) is 7.88. The van der Waals surface area contributed by atoms with Gasteiger partial charge in [0.25, 0.3) is 0 Å². The maximum absolute atomic E-state index is 8.89. The van der Waals surface area contributed by atoms with E-state index in [-0.39, 0.29) is 6.04 Å². The van der Waals surface area contributed by atoms with Crippen LogP contribution in [0.1, 0.15) is 13.8 Å². The summed E-state index contributed by atoms with van der Waals surface area (Å²) in [6, 6.07) is -0.185. The van der Waals surface area contributed by atoms with Crippen LogP contribution in [-0.2, 0) is 0 Å². The summed E-state index contributed by atoms with van der Waals surface area (Å²) in [6.45, 7) is 4.43. The van der Waals surface area contributed by atoms with Gasteiger partial charge in [-0.05, 0) is 13.5 Å². The van der Waals surface area contributed by atoms with Crippen LogP contribution in [0.3, 0.4) is 0 Å². The Kier molecular flexibility index (Phi) is 3.77. The minimum atomic E-state index is -0.556. The predicted octanol–water partition coefficient (Wildman–Crippen LogP) is -0.738. The highest BCUT2D eigenvalue weighted by atomic mass is 16.3. The van der Waals surface area contributed by atoms with E-state index in [1.807, 2.05) is 6.92 Å². The molecule has 0 bridgehead atoms. The molecule has 3 heteroatoms. The molecule has 50 valence electrons. The van der Waals surface area contributed by atoms with E-state index in [4.69, 9.17) is 10.8 Å². The van der Waals surface area contributed by atoms with Gasteiger partial charge in [-0.15, -0.1) is 0 Å². The minimum absolute atomic E-state index is 0.185. The molecule has 0 aromatic carbocycles. The van der Waals surface area contributed by atoms with Gasteiger partial charge < -0.3 is 10.8 Å². The maximum atomic E-state index is 8.89. The molecule has 0 aliphatic carbocycles. The summed E-state index contributed by atoms with van der Waals surface area (Å²) in [4.78, 5) is 0. The zero-order valence-electron chi connectivity index (χ0n) is 5.39. The molecule has 0 fully saturated rings. The molecule has 0 aromatic rings. The van der Waals surface area contributed by atoms with E-state index < -0.39 is 6.23 Å². The molecule has 0 aliphatic rings. The predicted molar refractivity (Wildman–Crippen MR) is 33.3 cm³/mol. The summed E-state index contributed by atoms with van der Waals surface area (Å²) < 4.78 is 0. The molecule has 0 saturated carbocycles. The van der Waals surface area contributed by atoms with Crippen molar-refractivity contribution in [2.24, 2.45) is 5.73 Å². The second kappa shape index (κ2) is 3.83. The second-order valence-corrected chi connectivity index (χ2v) is 1.86. The van der Waals surface area contributed by atoms with Crippen LogP contribution < -0.4 is 11.1 Å². The third-order valence-corrected chi connectivity index (χ3v) is 0.911. The first-order valence-corrected chi connectivity index (χ1v) is 2.85. The van der Waals surface area contributed by atoms with Gasteiger partial charge in [0.05, 0.1) is 0 Å². The van der Waals surface area contributed by atoms with Crippen molar-refractivity contribution >= 4 is 0 Å². The monoisotopic (exact) mass is 118 g/mol. The molecule has 1 unspecified atom stereocenters. The van der Waals surface area contributed by atoms with Gasteiger partial charge in [0.1, 0.15) is 6.23 Å². The van der Waals surface area contributed by atoms with Crippen molar-refractivity contribution in [3.63, 3.8) is 0 Å². The van der Waals surface area contributed by atoms with Crippen LogP contribution >= 0.6 is 0 Å². The van der Waals surface area contributed by atoms with Gasteiger partial charge in [0.15, 0.2) is 0 Å². The van der Waals surface area contributed by atoms with Crippen molar-refractivity contribution in [3.05, 3.63) is 0 Å². The molecule has 0 amide bonds. The topological polar surface area (TPSA) is 58.3 Å². The lowest BCUT2D eigenvalue weighted by atomic mass is 10.3. The number of likely N-dealkylation sites (N-methyl/N-ethyl adjacent to an activating group) is 1. The third kappa shape index (κ3) is 2.96.